The zero-order valence-electron chi connectivity index (χ0n) is 54.8. The number of carbonyl (C=O) groups is 1. The number of aryl methyl sites for hydroxylation is 3. The number of nitrogen functional groups attached to an aromatic ring is 1. The third-order valence-corrected chi connectivity index (χ3v) is 19.1. The fourth-order valence-corrected chi connectivity index (χ4v) is 13.1. The summed E-state index contributed by atoms with van der Waals surface area (Å²) in [5.41, 5.74) is 8.21. The number of carbonyl (C=O) groups excluding carboxylic acids is 1. The van der Waals surface area contributed by atoms with Crippen LogP contribution in [0.15, 0.2) is 142 Å². The monoisotopic (exact) mass is 1450 g/mol. The molecule has 5 aliphatic rings. The normalized spacial score (nSPS) is 16.3. The Labute approximate surface area is 599 Å². The van der Waals surface area contributed by atoms with Crippen LogP contribution in [-0.2, 0) is 10.9 Å². The average molecular weight is 1450 g/mol. The number of H-pyrrole nitrogens is 4. The second kappa shape index (κ2) is 28.0. The van der Waals surface area contributed by atoms with Gasteiger partial charge in [0.1, 0.15) is 52.1 Å². The molecule has 3 saturated heterocycles. The number of aromatic nitrogens is 15. The number of alkyl halides is 5. The summed E-state index contributed by atoms with van der Waals surface area (Å²) in [7, 11) is 0. The van der Waals surface area contributed by atoms with Gasteiger partial charge in [-0.25, -0.2) is 38.7 Å². The molecule has 26 nitrogen and oxygen atoms in total. The van der Waals surface area contributed by atoms with Gasteiger partial charge in [-0.1, -0.05) is 30.7 Å². The van der Waals surface area contributed by atoms with Gasteiger partial charge in [0.15, 0.2) is 27.8 Å². The first-order valence-electron chi connectivity index (χ1n) is 32.3. The van der Waals surface area contributed by atoms with E-state index in [2.05, 4.69) is 109 Å². The maximum Gasteiger partial charge on any atom is 0.449 e. The van der Waals surface area contributed by atoms with E-state index in [4.69, 9.17) is 27.1 Å². The van der Waals surface area contributed by atoms with Crippen LogP contribution in [0.5, 0.6) is 0 Å². The van der Waals surface area contributed by atoms with Gasteiger partial charge in [-0.2, -0.15) is 38.4 Å². The zero-order chi connectivity index (χ0) is 70.2. The van der Waals surface area contributed by atoms with E-state index in [1.54, 1.807) is 48.7 Å². The summed E-state index contributed by atoms with van der Waals surface area (Å²) in [5, 5.41) is 41.7. The van der Waals surface area contributed by atoms with E-state index in [0.29, 0.717) is 104 Å². The molecule has 2 saturated carbocycles. The molecule has 3 aromatic carbocycles. The van der Waals surface area contributed by atoms with Gasteiger partial charge < -0.3 is 57.2 Å². The maximum absolute atomic E-state index is 14.9. The van der Waals surface area contributed by atoms with Gasteiger partial charge >= 0.3 is 6.18 Å². The minimum absolute atomic E-state index is 0. The van der Waals surface area contributed by atoms with E-state index >= 15 is 0 Å². The number of benzene rings is 3. The summed E-state index contributed by atoms with van der Waals surface area (Å²) < 4.78 is 74.1. The first-order valence-corrected chi connectivity index (χ1v) is 34.3. The van der Waals surface area contributed by atoms with Crippen molar-refractivity contribution in [2.45, 2.75) is 91.0 Å². The molecule has 0 radical (unpaired) electrons. The van der Waals surface area contributed by atoms with Crippen LogP contribution in [-0.4, -0.2) is 139 Å². The van der Waals surface area contributed by atoms with Crippen molar-refractivity contribution in [1.82, 2.24) is 75.4 Å². The van der Waals surface area contributed by atoms with Crippen LogP contribution in [0.3, 0.4) is 0 Å². The smallest absolute Gasteiger partial charge is 0.384 e. The minimum Gasteiger partial charge on any atom is -0.384 e. The molecule has 538 valence electrons. The van der Waals surface area contributed by atoms with Crippen molar-refractivity contribution < 1.29 is 42.9 Å². The maximum atomic E-state index is 14.9. The van der Waals surface area contributed by atoms with Gasteiger partial charge in [0.25, 0.3) is 5.91 Å². The second-order valence-corrected chi connectivity index (χ2v) is 28.4. The van der Waals surface area contributed by atoms with Crippen molar-refractivity contribution in [3.05, 3.63) is 155 Å². The molecule has 16 rings (SSSR count). The van der Waals surface area contributed by atoms with Gasteiger partial charge in [0.2, 0.25) is 11.8 Å². The number of hydrogen-bond acceptors (Lipinski definition) is 23. The predicted molar refractivity (Wildman–Crippen MR) is 395 cm³/mol. The van der Waals surface area contributed by atoms with Crippen LogP contribution < -0.4 is 47.4 Å². The van der Waals surface area contributed by atoms with Crippen molar-refractivity contribution in [2.75, 3.05) is 93.4 Å². The highest BCUT2D eigenvalue weighted by atomic mass is 35.5. The van der Waals surface area contributed by atoms with E-state index in [9.17, 15) is 26.7 Å². The lowest BCUT2D eigenvalue weighted by molar-refractivity contribution is -0.144. The number of nitrogens with one attached hydrogen (secondary N) is 10. The fraction of sp³-hybridized carbons (Fsp3) is 0.313. The van der Waals surface area contributed by atoms with Gasteiger partial charge in [0.05, 0.1) is 61.0 Å². The molecule has 2 aliphatic carbocycles. The van der Waals surface area contributed by atoms with Crippen molar-refractivity contribution in [2.24, 2.45) is 17.3 Å². The van der Waals surface area contributed by atoms with E-state index in [1.165, 1.54) is 35.7 Å². The number of nitrogens with zero attached hydrogens (tertiary/aromatic N) is 13. The number of rotatable bonds is 21. The second-order valence-electron chi connectivity index (χ2n) is 25.9. The third-order valence-electron chi connectivity index (χ3n) is 17.1. The lowest BCUT2D eigenvalue weighted by Crippen LogP contribution is -2.60. The number of anilines is 13. The van der Waals surface area contributed by atoms with Crippen molar-refractivity contribution >= 4 is 128 Å². The molecule has 0 atom stereocenters. The van der Waals surface area contributed by atoms with E-state index in [0.717, 1.165) is 72.3 Å². The Balaban J connectivity index is 0.000000248. The van der Waals surface area contributed by atoms with Crippen LogP contribution in [0.25, 0.3) is 11.0 Å². The fourth-order valence-electron chi connectivity index (χ4n) is 11.4. The SMILES string of the molecule is Cc1cc(Nc2cc(N3CC(F)(C4CC4)C3)nc(Nc3ccc4nc(C(F)(F)F)[nH]c4c3)n2)n[nH]1.Cc1cc(Nc2cc(N3CC(F)(C4CC4)C3)nc(Sc3ccc(N)nc3)n2)n[nH]1.Cc1cc(Nc2cc(NCC3(C)COC3)nc(Sc3ccc(NC(=O)c4ccccc4Cl)cc3)n2)n[nH]1.[HH].[HH].[HH].[HH].[HH].[HH].[HH].[HH]. The van der Waals surface area contributed by atoms with Crippen LogP contribution >= 0.6 is 35.1 Å². The summed E-state index contributed by atoms with van der Waals surface area (Å²) >= 11 is 8.94. The molecule has 1 amide bonds. The molecule has 0 spiro atoms. The number of halogens is 6. The highest BCUT2D eigenvalue weighted by molar-refractivity contribution is 7.99. The number of aromatic amines is 4. The van der Waals surface area contributed by atoms with Gasteiger partial charge in [-0.3, -0.25) is 20.1 Å². The summed E-state index contributed by atoms with van der Waals surface area (Å²) in [6.07, 6.45) is 0.925. The summed E-state index contributed by atoms with van der Waals surface area (Å²) in [6, 6.07) is 33.6. The largest absolute Gasteiger partial charge is 0.449 e. The van der Waals surface area contributed by atoms with Gasteiger partial charge in [0, 0.05) is 104 Å². The van der Waals surface area contributed by atoms with Crippen LogP contribution in [0.1, 0.15) is 77.3 Å². The van der Waals surface area contributed by atoms with E-state index in [1.807, 2.05) is 91.2 Å². The number of pyridine rings is 1. The Kier molecular flexibility index (Phi) is 18.8. The lowest BCUT2D eigenvalue weighted by Gasteiger charge is -2.45. The Bertz CT molecular complexity index is 4820. The standard InChI is InChI=1S/C26H26ClN7O2S.C22H21F4N9.C19H21FN8S.8H2/c1-16-11-23(34-33-16)30-22-12-21(28-13-26(2)14-36-15-26)31-25(32-22)37-18-9-7-17(8-10-18)29-24(35)19-5-3-4-6-20(19)27;1-11-6-17(34-33-11)30-16-8-18(35-9-21(23,10-35)12-2-3-12)32-20(31-16)27-13-4-5-14-15(7-13)29-19(28-14)22(24,25)26;1-11-6-16(27-26-11)23-15-7-17(28-9-19(20,10-28)12-2-3-12)25-18(24-15)29-13-4-5-14(21)22-8-13;;;;;;;;/h3-12H,13-15H2,1-2H3,(H,29,35)(H3,28,30,31,32,33,34);4-8,12H,2-3,9-10H2,1H3,(H,28,29)(H3,27,30,31,32,33,34);4-8,12H,2-3,9-10H2,1H3,(H2,21,22)(H2,23,24,25,26,27);8*1H. The molecule has 34 heteroatoms. The summed E-state index contributed by atoms with van der Waals surface area (Å²) in [5.74, 6) is 5.18. The molecule has 8 aromatic heterocycles. The predicted octanol–water partition coefficient (Wildman–Crippen LogP) is 15.9. The minimum atomic E-state index is -4.57. The van der Waals surface area contributed by atoms with E-state index < -0.39 is 23.3 Å². The first kappa shape index (κ1) is 67.8. The van der Waals surface area contributed by atoms with Gasteiger partial charge in [-0.15, -0.1) is 0 Å². The average Bonchev–Trinajstić information content (AvgIpc) is 1.64. The zero-order valence-corrected chi connectivity index (χ0v) is 57.2. The Hall–Kier alpha value is -10.4. The van der Waals surface area contributed by atoms with Gasteiger partial charge in [-0.05, 0) is 149 Å². The van der Waals surface area contributed by atoms with Crippen molar-refractivity contribution in [3.63, 3.8) is 0 Å². The molecular weight excluding hydrogens is 1370 g/mol. The van der Waals surface area contributed by atoms with Crippen LogP contribution in [0.2, 0.25) is 5.02 Å². The summed E-state index contributed by atoms with van der Waals surface area (Å²) in [4.78, 5) is 55.7. The Morgan fingerprint density at radius 2 is 1.17 bits per heavy atom. The number of imidazole rings is 1. The molecule has 11 aromatic rings. The molecule has 3 aliphatic heterocycles. The number of ether oxygens (including phenoxy) is 1. The van der Waals surface area contributed by atoms with E-state index in [-0.39, 0.29) is 64.6 Å². The number of amides is 1. The Morgan fingerprint density at radius 1 is 0.634 bits per heavy atom. The molecule has 11 heterocycles. The third kappa shape index (κ3) is 16.8. The Morgan fingerprint density at radius 3 is 1.70 bits per heavy atom. The lowest BCUT2D eigenvalue weighted by atomic mass is 9.89. The molecule has 0 bridgehead atoms. The number of fused-ring (bicyclic) bond motifs is 1. The molecular formula is C67H84ClF5N24O2S2. The highest BCUT2D eigenvalue weighted by Gasteiger charge is 2.55. The number of hydrogen-bond donors (Lipinski definition) is 11. The molecule has 12 N–H and O–H groups in total. The molecule has 5 fully saturated rings. The summed E-state index contributed by atoms with van der Waals surface area (Å²) in [6.45, 7) is 11.4. The van der Waals surface area contributed by atoms with Crippen molar-refractivity contribution in [3.8, 4) is 0 Å². The first-order chi connectivity index (χ1) is 48.5. The highest BCUT2D eigenvalue weighted by Crippen LogP contribution is 2.50. The molecule has 0 unspecified atom stereocenters. The van der Waals surface area contributed by atoms with Crippen molar-refractivity contribution in [1.29, 1.82) is 0 Å². The van der Waals surface area contributed by atoms with Crippen LogP contribution in [0.4, 0.5) is 97.5 Å². The topological polar surface area (TPSA) is 336 Å². The quantitative estimate of drug-likeness (QED) is 0.0235. The molecule has 101 heavy (non-hydrogen) atoms. The van der Waals surface area contributed by atoms with Crippen LogP contribution in [0, 0.1) is 38.0 Å². The number of nitrogens with two attached hydrogens (primary N) is 1.